The minimum Gasteiger partial charge on any atom is -0.446 e. The number of nitrogens with zero attached hydrogens (tertiary/aromatic N) is 2. The standard InChI is InChI=1S/C21H28N6O4S/c22-32(29,30)19-7-5-16-11-18(19)23-8-2-1-3-9-24-21(28)31-17-6-4-14(10-17)15-12-25-20(27-16)26-13-15/h5,7,11-14,17,23H,1-4,6,8-10H2,(H,24,28)(H2,22,29,30)(H,25,26,27). The summed E-state index contributed by atoms with van der Waals surface area (Å²) in [5, 5.41) is 14.4. The number of anilines is 3. The molecule has 2 atom stereocenters. The van der Waals surface area contributed by atoms with E-state index >= 15 is 0 Å². The van der Waals surface area contributed by atoms with E-state index in [1.165, 1.54) is 6.07 Å². The summed E-state index contributed by atoms with van der Waals surface area (Å²) < 4.78 is 29.5. The molecule has 1 amide bonds. The molecular formula is C21H28N6O4S. The van der Waals surface area contributed by atoms with Gasteiger partial charge in [-0.15, -0.1) is 0 Å². The van der Waals surface area contributed by atoms with Crippen LogP contribution in [-0.4, -0.2) is 43.7 Å². The van der Waals surface area contributed by atoms with Gasteiger partial charge >= 0.3 is 6.09 Å². The van der Waals surface area contributed by atoms with Crippen molar-refractivity contribution in [3.8, 4) is 0 Å². The van der Waals surface area contributed by atoms with Crippen LogP contribution in [0.25, 0.3) is 0 Å². The van der Waals surface area contributed by atoms with Crippen molar-refractivity contribution in [1.82, 2.24) is 15.3 Å². The molecule has 1 aromatic carbocycles. The summed E-state index contributed by atoms with van der Waals surface area (Å²) in [6.45, 7) is 1.09. The van der Waals surface area contributed by atoms with Crippen molar-refractivity contribution in [1.29, 1.82) is 0 Å². The van der Waals surface area contributed by atoms with E-state index in [0.717, 1.165) is 44.1 Å². The highest BCUT2D eigenvalue weighted by molar-refractivity contribution is 7.89. The molecule has 32 heavy (non-hydrogen) atoms. The van der Waals surface area contributed by atoms with Crippen molar-refractivity contribution in [2.24, 2.45) is 5.14 Å². The smallest absolute Gasteiger partial charge is 0.407 e. The van der Waals surface area contributed by atoms with Crippen LogP contribution in [0.2, 0.25) is 0 Å². The lowest BCUT2D eigenvalue weighted by Crippen LogP contribution is -2.28. The molecule has 2 aromatic rings. The first kappa shape index (κ1) is 22.3. The minimum absolute atomic E-state index is 0.0293. The van der Waals surface area contributed by atoms with Gasteiger partial charge in [-0.25, -0.2) is 28.3 Å². The molecule has 3 heterocycles. The van der Waals surface area contributed by atoms with Gasteiger partial charge in [-0.1, -0.05) is 0 Å². The lowest BCUT2D eigenvalue weighted by atomic mass is 10.0. The molecule has 6 bridgehead atoms. The molecule has 11 heteroatoms. The van der Waals surface area contributed by atoms with Crippen LogP contribution in [-0.2, 0) is 14.8 Å². The molecule has 1 fully saturated rings. The maximum absolute atomic E-state index is 12.1. The van der Waals surface area contributed by atoms with E-state index in [9.17, 15) is 13.2 Å². The Balaban J connectivity index is 1.56. The van der Waals surface area contributed by atoms with Crippen LogP contribution in [0.15, 0.2) is 35.5 Å². The van der Waals surface area contributed by atoms with Crippen LogP contribution in [0.1, 0.15) is 50.0 Å². The molecule has 3 aliphatic rings. The highest BCUT2D eigenvalue weighted by Gasteiger charge is 2.29. The van der Waals surface area contributed by atoms with Crippen LogP contribution >= 0.6 is 0 Å². The van der Waals surface area contributed by atoms with E-state index in [1.54, 1.807) is 24.5 Å². The van der Waals surface area contributed by atoms with E-state index in [1.807, 2.05) is 0 Å². The number of nitrogens with two attached hydrogens (primary N) is 1. The van der Waals surface area contributed by atoms with Crippen molar-refractivity contribution >= 4 is 33.4 Å². The van der Waals surface area contributed by atoms with Gasteiger partial charge in [0.15, 0.2) is 0 Å². The van der Waals surface area contributed by atoms with Gasteiger partial charge in [0, 0.05) is 31.2 Å². The number of aromatic nitrogens is 2. The first-order chi connectivity index (χ1) is 15.4. The van der Waals surface area contributed by atoms with Crippen molar-refractivity contribution < 1.29 is 17.9 Å². The predicted octanol–water partition coefficient (Wildman–Crippen LogP) is 2.83. The number of rotatable bonds is 1. The number of carbonyl (C=O) groups is 1. The molecule has 5 rings (SSSR count). The molecule has 1 saturated carbocycles. The van der Waals surface area contributed by atoms with E-state index < -0.39 is 10.0 Å². The molecule has 172 valence electrons. The van der Waals surface area contributed by atoms with Crippen molar-refractivity contribution in [3.05, 3.63) is 36.2 Å². The Kier molecular flexibility index (Phi) is 6.75. The van der Waals surface area contributed by atoms with Gasteiger partial charge in [-0.3, -0.25) is 0 Å². The summed E-state index contributed by atoms with van der Waals surface area (Å²) in [6.07, 6.45) is 8.04. The maximum Gasteiger partial charge on any atom is 0.407 e. The molecule has 0 spiro atoms. The summed E-state index contributed by atoms with van der Waals surface area (Å²) in [7, 11) is -3.88. The summed E-state index contributed by atoms with van der Waals surface area (Å²) in [6, 6.07) is 4.79. The Morgan fingerprint density at radius 3 is 2.53 bits per heavy atom. The first-order valence-electron chi connectivity index (χ1n) is 10.8. The van der Waals surface area contributed by atoms with Gasteiger partial charge in [0.1, 0.15) is 11.0 Å². The summed E-state index contributed by atoms with van der Waals surface area (Å²) >= 11 is 0. The fourth-order valence-corrected chi connectivity index (χ4v) is 4.82. The Morgan fingerprint density at radius 2 is 1.78 bits per heavy atom. The maximum atomic E-state index is 12.1. The number of ether oxygens (including phenoxy) is 1. The third-order valence-corrected chi connectivity index (χ3v) is 6.75. The average molecular weight is 461 g/mol. The third kappa shape index (κ3) is 5.65. The SMILES string of the molecule is NS(=O)(=O)c1ccc2cc1NCCCCCNC(=O)OC1CCC(C1)c1cnc(nc1)N2. The number of hydrogen-bond donors (Lipinski definition) is 4. The summed E-state index contributed by atoms with van der Waals surface area (Å²) in [4.78, 5) is 20.9. The van der Waals surface area contributed by atoms with Gasteiger partial charge in [0.2, 0.25) is 16.0 Å². The molecule has 2 aliphatic heterocycles. The number of amides is 1. The van der Waals surface area contributed by atoms with E-state index in [0.29, 0.717) is 30.4 Å². The lowest BCUT2D eigenvalue weighted by molar-refractivity contribution is 0.100. The van der Waals surface area contributed by atoms with Gasteiger partial charge in [-0.2, -0.15) is 0 Å². The molecule has 1 aromatic heterocycles. The van der Waals surface area contributed by atoms with Crippen LogP contribution < -0.4 is 21.1 Å². The average Bonchev–Trinajstić information content (AvgIpc) is 3.20. The number of sulfonamides is 1. The second kappa shape index (κ2) is 9.70. The topological polar surface area (TPSA) is 148 Å². The molecule has 0 radical (unpaired) electrons. The van der Waals surface area contributed by atoms with Gasteiger partial charge in [0.25, 0.3) is 0 Å². The van der Waals surface area contributed by atoms with Crippen molar-refractivity contribution in [2.45, 2.75) is 55.4 Å². The molecule has 5 N–H and O–H groups in total. The zero-order valence-electron chi connectivity index (χ0n) is 17.7. The number of nitrogens with one attached hydrogen (secondary N) is 3. The number of carbonyl (C=O) groups excluding carboxylic acids is 1. The second-order valence-electron chi connectivity index (χ2n) is 8.17. The molecule has 0 saturated heterocycles. The Labute approximate surface area is 187 Å². The fraction of sp³-hybridized carbons (Fsp3) is 0.476. The number of alkyl carbamates (subject to hydrolysis) is 1. The predicted molar refractivity (Wildman–Crippen MR) is 120 cm³/mol. The van der Waals surface area contributed by atoms with Crippen LogP contribution in [0, 0.1) is 0 Å². The lowest BCUT2D eigenvalue weighted by Gasteiger charge is -2.15. The normalized spacial score (nSPS) is 22.2. The number of benzene rings is 1. The Hall–Kier alpha value is -2.92. The van der Waals surface area contributed by atoms with E-state index in [2.05, 4.69) is 25.9 Å². The monoisotopic (exact) mass is 460 g/mol. The zero-order valence-corrected chi connectivity index (χ0v) is 18.5. The van der Waals surface area contributed by atoms with E-state index in [-0.39, 0.29) is 23.0 Å². The third-order valence-electron chi connectivity index (χ3n) is 5.78. The van der Waals surface area contributed by atoms with Gasteiger partial charge in [-0.05, 0) is 68.2 Å². The fourth-order valence-electron chi connectivity index (χ4n) is 4.12. The quantitative estimate of drug-likeness (QED) is 0.508. The molecule has 10 nitrogen and oxygen atoms in total. The van der Waals surface area contributed by atoms with Gasteiger partial charge in [0.05, 0.1) is 5.69 Å². The van der Waals surface area contributed by atoms with Crippen LogP contribution in [0.5, 0.6) is 0 Å². The first-order valence-corrected chi connectivity index (χ1v) is 12.4. The highest BCUT2D eigenvalue weighted by Crippen LogP contribution is 2.35. The largest absolute Gasteiger partial charge is 0.446 e. The van der Waals surface area contributed by atoms with Crippen molar-refractivity contribution in [2.75, 3.05) is 23.7 Å². The molecular weight excluding hydrogens is 432 g/mol. The number of hydrogen-bond acceptors (Lipinski definition) is 8. The number of primary sulfonamides is 1. The molecule has 1 aliphatic carbocycles. The summed E-state index contributed by atoms with van der Waals surface area (Å²) in [5.41, 5.74) is 2.07. The van der Waals surface area contributed by atoms with Crippen molar-refractivity contribution in [3.63, 3.8) is 0 Å². The summed E-state index contributed by atoms with van der Waals surface area (Å²) in [5.74, 6) is 0.653. The van der Waals surface area contributed by atoms with Crippen LogP contribution in [0.4, 0.5) is 22.1 Å². The number of fused-ring (bicyclic) bond motifs is 10. The Morgan fingerprint density at radius 1 is 1.03 bits per heavy atom. The highest BCUT2D eigenvalue weighted by atomic mass is 32.2. The van der Waals surface area contributed by atoms with Crippen LogP contribution in [0.3, 0.4) is 0 Å². The second-order valence-corrected chi connectivity index (χ2v) is 9.70. The Bertz CT molecular complexity index is 1060. The molecule has 2 unspecified atom stereocenters. The van der Waals surface area contributed by atoms with Gasteiger partial charge < -0.3 is 20.7 Å². The van der Waals surface area contributed by atoms with E-state index in [4.69, 9.17) is 9.88 Å². The minimum atomic E-state index is -3.88. The zero-order chi connectivity index (χ0) is 22.6.